The van der Waals surface area contributed by atoms with E-state index in [-0.39, 0.29) is 6.04 Å². The van der Waals surface area contributed by atoms with Crippen molar-refractivity contribution in [1.82, 2.24) is 5.32 Å². The fourth-order valence-corrected chi connectivity index (χ4v) is 2.78. The van der Waals surface area contributed by atoms with Crippen LogP contribution in [0.1, 0.15) is 57.9 Å². The molecule has 2 aromatic rings. The fourth-order valence-electron chi connectivity index (χ4n) is 2.78. The van der Waals surface area contributed by atoms with Gasteiger partial charge < -0.3 is 9.73 Å². The molecule has 1 aromatic carbocycles. The lowest BCUT2D eigenvalue weighted by Gasteiger charge is -2.20. The largest absolute Gasteiger partial charge is 0.459 e. The van der Waals surface area contributed by atoms with Crippen molar-refractivity contribution in [2.45, 2.75) is 59.5 Å². The number of furan rings is 1. The van der Waals surface area contributed by atoms with E-state index in [1.54, 1.807) is 0 Å². The predicted octanol–water partition coefficient (Wildman–Crippen LogP) is 5.22. The zero-order valence-electron chi connectivity index (χ0n) is 13.4. The molecule has 0 aliphatic rings. The normalized spacial score (nSPS) is 14.9. The van der Waals surface area contributed by atoms with Gasteiger partial charge in [-0.2, -0.15) is 0 Å². The molecule has 2 unspecified atom stereocenters. The summed E-state index contributed by atoms with van der Waals surface area (Å²) in [6.07, 6.45) is 2.47. The van der Waals surface area contributed by atoms with Crippen LogP contribution in [-0.2, 0) is 0 Å². The Hall–Kier alpha value is -1.28. The van der Waals surface area contributed by atoms with Gasteiger partial charge in [-0.25, -0.2) is 0 Å². The third kappa shape index (κ3) is 3.43. The van der Waals surface area contributed by atoms with Crippen molar-refractivity contribution < 1.29 is 4.42 Å². The minimum atomic E-state index is 0.254. The Kier molecular flexibility index (Phi) is 4.87. The maximum absolute atomic E-state index is 6.02. The molecular weight excluding hydrogens is 246 g/mol. The molecule has 2 heteroatoms. The topological polar surface area (TPSA) is 25.2 Å². The second-order valence-corrected chi connectivity index (χ2v) is 6.35. The molecular formula is C18H27NO. The van der Waals surface area contributed by atoms with Gasteiger partial charge in [0.25, 0.3) is 0 Å². The second-order valence-electron chi connectivity index (χ2n) is 6.35. The van der Waals surface area contributed by atoms with Gasteiger partial charge in [-0.1, -0.05) is 32.0 Å². The fraction of sp³-hybridized carbons (Fsp3) is 0.556. The number of para-hydroxylation sites is 1. The van der Waals surface area contributed by atoms with Crippen LogP contribution in [0.3, 0.4) is 0 Å². The molecule has 2 nitrogen and oxygen atoms in total. The van der Waals surface area contributed by atoms with Crippen molar-refractivity contribution in [2.24, 2.45) is 5.92 Å². The summed E-state index contributed by atoms with van der Waals surface area (Å²) in [6.45, 7) is 11.2. The van der Waals surface area contributed by atoms with E-state index < -0.39 is 0 Å². The van der Waals surface area contributed by atoms with E-state index in [4.69, 9.17) is 4.42 Å². The van der Waals surface area contributed by atoms with E-state index in [1.165, 1.54) is 23.8 Å². The molecule has 0 aliphatic heterocycles. The third-order valence-corrected chi connectivity index (χ3v) is 3.99. The lowest BCUT2D eigenvalue weighted by molar-refractivity contribution is 0.379. The Morgan fingerprint density at radius 1 is 1.05 bits per heavy atom. The van der Waals surface area contributed by atoms with Crippen LogP contribution < -0.4 is 5.32 Å². The average molecular weight is 273 g/mol. The number of benzene rings is 1. The van der Waals surface area contributed by atoms with Crippen LogP contribution in [0, 0.1) is 12.8 Å². The minimum Gasteiger partial charge on any atom is -0.459 e. The second kappa shape index (κ2) is 6.45. The number of rotatable bonds is 6. The molecule has 0 saturated heterocycles. The van der Waals surface area contributed by atoms with Gasteiger partial charge in [0.2, 0.25) is 0 Å². The van der Waals surface area contributed by atoms with Crippen LogP contribution in [0.15, 0.2) is 28.7 Å². The monoisotopic (exact) mass is 273 g/mol. The van der Waals surface area contributed by atoms with Gasteiger partial charge in [0, 0.05) is 11.4 Å². The lowest BCUT2D eigenvalue weighted by atomic mass is 10.0. The highest BCUT2D eigenvalue weighted by atomic mass is 16.3. The summed E-state index contributed by atoms with van der Waals surface area (Å²) < 4.78 is 6.02. The lowest BCUT2D eigenvalue weighted by Crippen LogP contribution is -2.29. The summed E-state index contributed by atoms with van der Waals surface area (Å²) in [5, 5.41) is 4.89. The van der Waals surface area contributed by atoms with Crippen LogP contribution in [0.5, 0.6) is 0 Å². The Bertz CT molecular complexity index is 556. The molecule has 1 aromatic heterocycles. The van der Waals surface area contributed by atoms with Gasteiger partial charge in [0.1, 0.15) is 11.3 Å². The van der Waals surface area contributed by atoms with Gasteiger partial charge in [0.15, 0.2) is 0 Å². The van der Waals surface area contributed by atoms with E-state index in [1.807, 2.05) is 12.1 Å². The Morgan fingerprint density at radius 2 is 1.75 bits per heavy atom. The van der Waals surface area contributed by atoms with Gasteiger partial charge in [0.05, 0.1) is 6.04 Å². The molecule has 1 N–H and O–H groups in total. The number of aryl methyl sites for hydroxylation is 1. The predicted molar refractivity (Wildman–Crippen MR) is 86.0 cm³/mol. The molecule has 0 saturated carbocycles. The molecule has 110 valence electrons. The summed E-state index contributed by atoms with van der Waals surface area (Å²) in [4.78, 5) is 0. The zero-order chi connectivity index (χ0) is 14.7. The number of nitrogens with one attached hydrogen (secondary N) is 1. The van der Waals surface area contributed by atoms with Crippen molar-refractivity contribution in [3.63, 3.8) is 0 Å². The van der Waals surface area contributed by atoms with Crippen LogP contribution in [-0.4, -0.2) is 6.04 Å². The summed E-state index contributed by atoms with van der Waals surface area (Å²) in [6, 6.07) is 9.04. The van der Waals surface area contributed by atoms with Gasteiger partial charge >= 0.3 is 0 Å². The molecule has 1 heterocycles. The maximum atomic E-state index is 6.02. The summed E-state index contributed by atoms with van der Waals surface area (Å²) in [7, 11) is 0. The Balaban J connectivity index is 2.07. The first-order valence-corrected chi connectivity index (χ1v) is 7.73. The SMILES string of the molecule is Cc1c(C(C)NC(C)CCC(C)C)oc2ccccc12. The highest BCUT2D eigenvalue weighted by molar-refractivity contribution is 5.82. The quantitative estimate of drug-likeness (QED) is 0.781. The number of hydrogen-bond acceptors (Lipinski definition) is 2. The van der Waals surface area contributed by atoms with Gasteiger partial charge in [-0.05, 0) is 51.2 Å². The third-order valence-electron chi connectivity index (χ3n) is 3.99. The molecule has 0 radical (unpaired) electrons. The van der Waals surface area contributed by atoms with Gasteiger partial charge in [-0.3, -0.25) is 0 Å². The maximum Gasteiger partial charge on any atom is 0.134 e. The van der Waals surface area contributed by atoms with E-state index >= 15 is 0 Å². The van der Waals surface area contributed by atoms with E-state index in [0.29, 0.717) is 6.04 Å². The molecule has 0 fully saturated rings. The van der Waals surface area contributed by atoms with Crippen molar-refractivity contribution >= 4 is 11.0 Å². The first-order chi connectivity index (χ1) is 9.49. The Labute approximate surface area is 122 Å². The Morgan fingerprint density at radius 3 is 2.40 bits per heavy atom. The van der Waals surface area contributed by atoms with Crippen molar-refractivity contribution in [2.75, 3.05) is 0 Å². The zero-order valence-corrected chi connectivity index (χ0v) is 13.4. The van der Waals surface area contributed by atoms with Crippen molar-refractivity contribution in [3.8, 4) is 0 Å². The highest BCUT2D eigenvalue weighted by Gasteiger charge is 2.17. The first-order valence-electron chi connectivity index (χ1n) is 7.73. The number of fused-ring (bicyclic) bond motifs is 1. The molecule has 0 amide bonds. The average Bonchev–Trinajstić information content (AvgIpc) is 2.74. The number of hydrogen-bond donors (Lipinski definition) is 1. The van der Waals surface area contributed by atoms with E-state index in [9.17, 15) is 0 Å². The van der Waals surface area contributed by atoms with Gasteiger partial charge in [-0.15, -0.1) is 0 Å². The standard InChI is InChI=1S/C18H27NO/c1-12(2)10-11-13(3)19-15(5)18-14(4)16-8-6-7-9-17(16)20-18/h6-9,12-13,15,19H,10-11H2,1-5H3. The molecule has 2 atom stereocenters. The van der Waals surface area contributed by atoms with Crippen LogP contribution >= 0.6 is 0 Å². The smallest absolute Gasteiger partial charge is 0.134 e. The van der Waals surface area contributed by atoms with E-state index in [2.05, 4.69) is 52.1 Å². The minimum absolute atomic E-state index is 0.254. The molecule has 0 bridgehead atoms. The first kappa shape index (κ1) is 15.1. The van der Waals surface area contributed by atoms with Crippen molar-refractivity contribution in [1.29, 1.82) is 0 Å². The van der Waals surface area contributed by atoms with E-state index in [0.717, 1.165) is 17.3 Å². The molecule has 20 heavy (non-hydrogen) atoms. The van der Waals surface area contributed by atoms with Crippen molar-refractivity contribution in [3.05, 3.63) is 35.6 Å². The highest BCUT2D eigenvalue weighted by Crippen LogP contribution is 2.29. The van der Waals surface area contributed by atoms with Crippen LogP contribution in [0.4, 0.5) is 0 Å². The molecule has 2 rings (SSSR count). The summed E-state index contributed by atoms with van der Waals surface area (Å²) >= 11 is 0. The molecule has 0 spiro atoms. The molecule has 0 aliphatic carbocycles. The summed E-state index contributed by atoms with van der Waals surface area (Å²) in [5.74, 6) is 1.84. The summed E-state index contributed by atoms with van der Waals surface area (Å²) in [5.41, 5.74) is 2.25. The van der Waals surface area contributed by atoms with Crippen LogP contribution in [0.2, 0.25) is 0 Å². The van der Waals surface area contributed by atoms with Crippen LogP contribution in [0.25, 0.3) is 11.0 Å².